The van der Waals surface area contributed by atoms with Crippen LogP contribution in [0.25, 0.3) is 0 Å². The minimum absolute atomic E-state index is 0.327. The number of aromatic nitrogens is 1. The van der Waals surface area contributed by atoms with Gasteiger partial charge in [0.05, 0.1) is 7.11 Å². The van der Waals surface area contributed by atoms with E-state index in [2.05, 4.69) is 16.0 Å². The number of hydrogen-bond acceptors (Lipinski definition) is 4. The molecule has 0 aromatic carbocycles. The molecular weight excluding hydrogens is 190 g/mol. The molecule has 1 atom stereocenters. The van der Waals surface area contributed by atoms with Crippen LogP contribution in [0, 0.1) is 0 Å². The Morgan fingerprint density at radius 1 is 1.67 bits per heavy atom. The normalized spacial score (nSPS) is 21.9. The second-order valence-electron chi connectivity index (χ2n) is 3.96. The lowest BCUT2D eigenvalue weighted by Gasteiger charge is -2.16. The van der Waals surface area contributed by atoms with Crippen LogP contribution in [-0.4, -0.2) is 36.1 Å². The summed E-state index contributed by atoms with van der Waals surface area (Å²) in [6.07, 6.45) is 2.83. The summed E-state index contributed by atoms with van der Waals surface area (Å²) in [6, 6.07) is 4.32. The highest BCUT2D eigenvalue weighted by Crippen LogP contribution is 2.18. The number of likely N-dealkylation sites (tertiary alicyclic amines) is 1. The molecule has 0 spiro atoms. The molecule has 0 bridgehead atoms. The Morgan fingerprint density at radius 3 is 3.20 bits per heavy atom. The summed E-state index contributed by atoms with van der Waals surface area (Å²) in [5, 5.41) is 0. The van der Waals surface area contributed by atoms with Gasteiger partial charge in [-0.05, 0) is 12.5 Å². The Bertz CT molecular complexity index is 329. The molecule has 2 heterocycles. The van der Waals surface area contributed by atoms with Crippen molar-refractivity contribution >= 4 is 0 Å². The van der Waals surface area contributed by atoms with Gasteiger partial charge in [0.25, 0.3) is 0 Å². The van der Waals surface area contributed by atoms with Gasteiger partial charge in [0, 0.05) is 37.4 Å². The SMILES string of the molecule is COc1ncccc1CN1CC[C@H](N)C1. The van der Waals surface area contributed by atoms with Gasteiger partial charge >= 0.3 is 0 Å². The van der Waals surface area contributed by atoms with Crippen LogP contribution >= 0.6 is 0 Å². The zero-order chi connectivity index (χ0) is 10.7. The molecule has 15 heavy (non-hydrogen) atoms. The molecule has 1 saturated heterocycles. The minimum Gasteiger partial charge on any atom is -0.481 e. The molecule has 1 aromatic heterocycles. The van der Waals surface area contributed by atoms with Gasteiger partial charge in [-0.2, -0.15) is 0 Å². The first-order valence-corrected chi connectivity index (χ1v) is 5.25. The molecule has 1 fully saturated rings. The number of methoxy groups -OCH3 is 1. The van der Waals surface area contributed by atoms with Crippen LogP contribution in [0.4, 0.5) is 0 Å². The zero-order valence-corrected chi connectivity index (χ0v) is 9.02. The summed E-state index contributed by atoms with van der Waals surface area (Å²) >= 11 is 0. The molecule has 1 aliphatic rings. The fourth-order valence-corrected chi connectivity index (χ4v) is 1.98. The lowest BCUT2D eigenvalue weighted by molar-refractivity contribution is 0.314. The number of hydrogen-bond donors (Lipinski definition) is 1. The fraction of sp³-hybridized carbons (Fsp3) is 0.545. The van der Waals surface area contributed by atoms with Gasteiger partial charge in [-0.3, -0.25) is 4.90 Å². The predicted octanol–water partition coefficient (Wildman–Crippen LogP) is 0.623. The molecule has 0 unspecified atom stereocenters. The third-order valence-electron chi connectivity index (χ3n) is 2.75. The Balaban J connectivity index is 2.04. The average molecular weight is 207 g/mol. The number of rotatable bonds is 3. The molecule has 2 N–H and O–H groups in total. The first kappa shape index (κ1) is 10.4. The van der Waals surface area contributed by atoms with E-state index in [0.717, 1.165) is 37.5 Å². The standard InChI is InChI=1S/C11H17N3O/c1-15-11-9(3-2-5-13-11)7-14-6-4-10(12)8-14/h2-3,5,10H,4,6-8,12H2,1H3/t10-/m0/s1. The summed E-state index contributed by atoms with van der Waals surface area (Å²) < 4.78 is 5.21. The smallest absolute Gasteiger partial charge is 0.217 e. The van der Waals surface area contributed by atoms with Gasteiger partial charge in [-0.15, -0.1) is 0 Å². The van der Waals surface area contributed by atoms with Crippen LogP contribution in [0.1, 0.15) is 12.0 Å². The van der Waals surface area contributed by atoms with E-state index < -0.39 is 0 Å². The van der Waals surface area contributed by atoms with Crippen molar-refractivity contribution in [3.05, 3.63) is 23.9 Å². The van der Waals surface area contributed by atoms with Crippen molar-refractivity contribution in [2.45, 2.75) is 19.0 Å². The molecule has 82 valence electrons. The number of nitrogens with two attached hydrogens (primary N) is 1. The van der Waals surface area contributed by atoms with E-state index in [1.807, 2.05) is 6.07 Å². The Labute approximate surface area is 90.0 Å². The lowest BCUT2D eigenvalue weighted by atomic mass is 10.2. The van der Waals surface area contributed by atoms with Crippen molar-refractivity contribution in [3.63, 3.8) is 0 Å². The Hall–Kier alpha value is -1.13. The topological polar surface area (TPSA) is 51.4 Å². The molecule has 0 aliphatic carbocycles. The minimum atomic E-state index is 0.327. The van der Waals surface area contributed by atoms with Crippen LogP contribution in [-0.2, 0) is 6.54 Å². The van der Waals surface area contributed by atoms with Gasteiger partial charge < -0.3 is 10.5 Å². The molecule has 4 heteroatoms. The van der Waals surface area contributed by atoms with E-state index in [1.54, 1.807) is 13.3 Å². The largest absolute Gasteiger partial charge is 0.481 e. The maximum absolute atomic E-state index is 5.86. The quantitative estimate of drug-likeness (QED) is 0.789. The van der Waals surface area contributed by atoms with Crippen molar-refractivity contribution in [2.75, 3.05) is 20.2 Å². The summed E-state index contributed by atoms with van der Waals surface area (Å²) in [5.41, 5.74) is 6.99. The van der Waals surface area contributed by atoms with Crippen LogP contribution in [0.15, 0.2) is 18.3 Å². The molecule has 2 rings (SSSR count). The van der Waals surface area contributed by atoms with E-state index >= 15 is 0 Å². The molecule has 1 aliphatic heterocycles. The highest BCUT2D eigenvalue weighted by Gasteiger charge is 2.20. The van der Waals surface area contributed by atoms with Crippen molar-refractivity contribution < 1.29 is 4.74 Å². The van der Waals surface area contributed by atoms with Crippen LogP contribution < -0.4 is 10.5 Å². The number of nitrogens with zero attached hydrogens (tertiary/aromatic N) is 2. The second kappa shape index (κ2) is 4.59. The van der Waals surface area contributed by atoms with Gasteiger partial charge in [-0.25, -0.2) is 4.98 Å². The van der Waals surface area contributed by atoms with E-state index in [1.165, 1.54) is 0 Å². The lowest BCUT2D eigenvalue weighted by Crippen LogP contribution is -2.26. The zero-order valence-electron chi connectivity index (χ0n) is 9.02. The van der Waals surface area contributed by atoms with E-state index in [4.69, 9.17) is 10.5 Å². The van der Waals surface area contributed by atoms with Crippen LogP contribution in [0.2, 0.25) is 0 Å². The maximum atomic E-state index is 5.86. The molecular formula is C11H17N3O. The summed E-state index contributed by atoms with van der Waals surface area (Å²) in [5.74, 6) is 0.720. The molecule has 0 radical (unpaired) electrons. The third-order valence-corrected chi connectivity index (χ3v) is 2.75. The Morgan fingerprint density at radius 2 is 2.53 bits per heavy atom. The average Bonchev–Trinajstić information content (AvgIpc) is 2.65. The molecule has 1 aromatic rings. The van der Waals surface area contributed by atoms with Crippen LogP contribution in [0.3, 0.4) is 0 Å². The van der Waals surface area contributed by atoms with E-state index in [9.17, 15) is 0 Å². The molecule has 0 saturated carbocycles. The Kier molecular flexibility index (Phi) is 3.18. The van der Waals surface area contributed by atoms with Crippen molar-refractivity contribution in [1.82, 2.24) is 9.88 Å². The van der Waals surface area contributed by atoms with Gasteiger partial charge in [-0.1, -0.05) is 6.07 Å². The third kappa shape index (κ3) is 2.46. The van der Waals surface area contributed by atoms with Crippen molar-refractivity contribution in [3.8, 4) is 5.88 Å². The van der Waals surface area contributed by atoms with Crippen molar-refractivity contribution in [1.29, 1.82) is 0 Å². The number of ether oxygens (including phenoxy) is 1. The predicted molar refractivity (Wildman–Crippen MR) is 58.7 cm³/mol. The van der Waals surface area contributed by atoms with Gasteiger partial charge in [0.2, 0.25) is 5.88 Å². The molecule has 4 nitrogen and oxygen atoms in total. The first-order valence-electron chi connectivity index (χ1n) is 5.25. The van der Waals surface area contributed by atoms with Gasteiger partial charge in [0.1, 0.15) is 0 Å². The fourth-order valence-electron chi connectivity index (χ4n) is 1.98. The highest BCUT2D eigenvalue weighted by molar-refractivity contribution is 5.25. The monoisotopic (exact) mass is 207 g/mol. The summed E-state index contributed by atoms with van der Waals surface area (Å²) in [7, 11) is 1.65. The molecule has 0 amide bonds. The highest BCUT2D eigenvalue weighted by atomic mass is 16.5. The summed E-state index contributed by atoms with van der Waals surface area (Å²) in [6.45, 7) is 2.92. The second-order valence-corrected chi connectivity index (χ2v) is 3.96. The van der Waals surface area contributed by atoms with Gasteiger partial charge in [0.15, 0.2) is 0 Å². The summed E-state index contributed by atoms with van der Waals surface area (Å²) in [4.78, 5) is 6.52. The first-order chi connectivity index (χ1) is 7.29. The van der Waals surface area contributed by atoms with Crippen molar-refractivity contribution in [2.24, 2.45) is 5.73 Å². The van der Waals surface area contributed by atoms with E-state index in [-0.39, 0.29) is 0 Å². The van der Waals surface area contributed by atoms with E-state index in [0.29, 0.717) is 6.04 Å². The number of pyridine rings is 1. The van der Waals surface area contributed by atoms with Crippen LogP contribution in [0.5, 0.6) is 5.88 Å². The maximum Gasteiger partial charge on any atom is 0.217 e.